The molecule has 1 aromatic carbocycles. The van der Waals surface area contributed by atoms with Gasteiger partial charge in [-0.3, -0.25) is 9.59 Å². The van der Waals surface area contributed by atoms with Crippen LogP contribution in [-0.2, 0) is 19.6 Å². The van der Waals surface area contributed by atoms with E-state index in [1.54, 1.807) is 0 Å². The molecule has 2 N–H and O–H groups in total. The van der Waals surface area contributed by atoms with Crippen molar-refractivity contribution in [3.05, 3.63) is 30.1 Å². The number of carbonyl (C=O) groups is 2. The largest absolute Gasteiger partial charge is 0.481 e. The third-order valence-corrected chi connectivity index (χ3v) is 6.01. The summed E-state index contributed by atoms with van der Waals surface area (Å²) in [6.45, 7) is 0.515. The molecule has 1 rings (SSSR count). The molecule has 0 bridgehead atoms. The van der Waals surface area contributed by atoms with Crippen LogP contribution in [0.1, 0.15) is 12.8 Å². The quantitative estimate of drug-likeness (QED) is 0.548. The lowest BCUT2D eigenvalue weighted by molar-refractivity contribution is -0.133. The predicted octanol–water partition coefficient (Wildman–Crippen LogP) is 1.16. The molecule has 0 spiro atoms. The molecule has 10 heteroatoms. The Morgan fingerprint density at radius 1 is 1.28 bits per heavy atom. The van der Waals surface area contributed by atoms with Crippen LogP contribution in [0.2, 0.25) is 0 Å². The van der Waals surface area contributed by atoms with Crippen molar-refractivity contribution in [3.8, 4) is 0 Å². The zero-order valence-corrected chi connectivity index (χ0v) is 15.4. The van der Waals surface area contributed by atoms with Gasteiger partial charge in [0, 0.05) is 32.3 Å². The van der Waals surface area contributed by atoms with Crippen molar-refractivity contribution in [1.82, 2.24) is 9.62 Å². The zero-order valence-electron chi connectivity index (χ0n) is 13.8. The van der Waals surface area contributed by atoms with E-state index in [2.05, 4.69) is 5.32 Å². The summed E-state index contributed by atoms with van der Waals surface area (Å²) in [6, 6.07) is 4.55. The minimum Gasteiger partial charge on any atom is -0.481 e. The first-order valence-electron chi connectivity index (χ1n) is 7.51. The van der Waals surface area contributed by atoms with Crippen molar-refractivity contribution in [2.45, 2.75) is 17.7 Å². The lowest BCUT2D eigenvalue weighted by Gasteiger charge is -2.17. The lowest BCUT2D eigenvalue weighted by Crippen LogP contribution is -2.30. The summed E-state index contributed by atoms with van der Waals surface area (Å²) in [6.07, 6.45) is 0.498. The minimum atomic E-state index is -3.71. The van der Waals surface area contributed by atoms with Gasteiger partial charge in [-0.15, -0.1) is 11.8 Å². The van der Waals surface area contributed by atoms with Crippen LogP contribution < -0.4 is 5.32 Å². The van der Waals surface area contributed by atoms with Gasteiger partial charge < -0.3 is 10.4 Å². The number of halogens is 1. The molecule has 0 atom stereocenters. The second-order valence-electron chi connectivity index (χ2n) is 5.18. The highest BCUT2D eigenvalue weighted by atomic mass is 32.2. The summed E-state index contributed by atoms with van der Waals surface area (Å²) < 4.78 is 38.5. The fourth-order valence-corrected chi connectivity index (χ4v) is 3.65. The number of aliphatic carboxylic acids is 1. The molecule has 0 saturated heterocycles. The smallest absolute Gasteiger partial charge is 0.313 e. The first-order chi connectivity index (χ1) is 11.7. The van der Waals surface area contributed by atoms with Gasteiger partial charge in [0.25, 0.3) is 0 Å². The van der Waals surface area contributed by atoms with Gasteiger partial charge in [-0.1, -0.05) is 0 Å². The van der Waals surface area contributed by atoms with Gasteiger partial charge in [0.05, 0.1) is 10.6 Å². The van der Waals surface area contributed by atoms with Crippen LogP contribution >= 0.6 is 11.8 Å². The van der Waals surface area contributed by atoms with E-state index in [-0.39, 0.29) is 29.5 Å². The zero-order chi connectivity index (χ0) is 18.9. The maximum Gasteiger partial charge on any atom is 0.313 e. The van der Waals surface area contributed by atoms with Crippen LogP contribution in [0.5, 0.6) is 0 Å². The topological polar surface area (TPSA) is 104 Å². The van der Waals surface area contributed by atoms with Crippen molar-refractivity contribution in [3.63, 3.8) is 0 Å². The molecule has 0 unspecified atom stereocenters. The van der Waals surface area contributed by atoms with Crippen molar-refractivity contribution in [1.29, 1.82) is 0 Å². The van der Waals surface area contributed by atoms with E-state index in [1.165, 1.54) is 30.9 Å². The Bertz CT molecular complexity index is 680. The molecular formula is C15H21FN2O5S2. The average Bonchev–Trinajstić information content (AvgIpc) is 2.54. The molecule has 25 heavy (non-hydrogen) atoms. The normalized spacial score (nSPS) is 11.5. The summed E-state index contributed by atoms with van der Waals surface area (Å²) in [5, 5.41) is 11.1. The highest BCUT2D eigenvalue weighted by molar-refractivity contribution is 7.99. The van der Waals surface area contributed by atoms with Crippen LogP contribution in [0.3, 0.4) is 0 Å². The highest BCUT2D eigenvalue weighted by Gasteiger charge is 2.20. The number of carboxylic acids is 1. The third kappa shape index (κ3) is 7.84. The van der Waals surface area contributed by atoms with E-state index in [0.29, 0.717) is 18.7 Å². The van der Waals surface area contributed by atoms with Gasteiger partial charge in [-0.25, -0.2) is 17.1 Å². The van der Waals surface area contributed by atoms with Gasteiger partial charge >= 0.3 is 5.97 Å². The summed E-state index contributed by atoms with van der Waals surface area (Å²) in [5.41, 5.74) is 0. The van der Waals surface area contributed by atoms with Crippen molar-refractivity contribution < 1.29 is 27.5 Å². The van der Waals surface area contributed by atoms with Gasteiger partial charge in [0.15, 0.2) is 0 Å². The molecule has 0 radical (unpaired) electrons. The fourth-order valence-electron chi connectivity index (χ4n) is 1.88. The first-order valence-corrected chi connectivity index (χ1v) is 10.1. The third-order valence-electron chi connectivity index (χ3n) is 3.19. The predicted molar refractivity (Wildman–Crippen MR) is 93.4 cm³/mol. The number of sulfonamides is 1. The Morgan fingerprint density at radius 3 is 2.52 bits per heavy atom. The van der Waals surface area contributed by atoms with Crippen LogP contribution in [0.4, 0.5) is 4.39 Å². The number of hydrogen-bond acceptors (Lipinski definition) is 5. The fraction of sp³-hybridized carbons (Fsp3) is 0.467. The van der Waals surface area contributed by atoms with Crippen LogP contribution in [-0.4, -0.2) is 61.3 Å². The number of nitrogens with one attached hydrogen (secondary N) is 1. The molecule has 0 aliphatic rings. The molecule has 140 valence electrons. The Kier molecular flexibility index (Phi) is 8.87. The maximum absolute atomic E-state index is 12.9. The standard InChI is InChI=1S/C15H21FN2O5S2/c1-18(25(22,23)13-6-4-12(16)5-7-13)9-2-3-14(19)17-8-10-24-11-15(20)21/h4-7H,2-3,8-11H2,1H3,(H,17,19)(H,20,21). The number of benzene rings is 1. The summed E-state index contributed by atoms with van der Waals surface area (Å²) in [7, 11) is -2.31. The second kappa shape index (κ2) is 10.4. The van der Waals surface area contributed by atoms with Crippen molar-refractivity contribution in [2.24, 2.45) is 0 Å². The summed E-state index contributed by atoms with van der Waals surface area (Å²) in [4.78, 5) is 22.0. The second-order valence-corrected chi connectivity index (χ2v) is 8.33. The van der Waals surface area contributed by atoms with E-state index in [4.69, 9.17) is 5.11 Å². The number of carboxylic acid groups (broad SMARTS) is 1. The Morgan fingerprint density at radius 2 is 1.92 bits per heavy atom. The van der Waals surface area contributed by atoms with Crippen molar-refractivity contribution in [2.75, 3.05) is 31.6 Å². The molecule has 0 heterocycles. The molecule has 0 saturated carbocycles. The minimum absolute atomic E-state index is 0.00342. The van der Waals surface area contributed by atoms with E-state index in [1.807, 2.05) is 0 Å². The Hall–Kier alpha value is -1.65. The Labute approximate surface area is 150 Å². The van der Waals surface area contributed by atoms with Crippen LogP contribution in [0.25, 0.3) is 0 Å². The van der Waals surface area contributed by atoms with Gasteiger partial charge in [-0.2, -0.15) is 0 Å². The average molecular weight is 392 g/mol. The molecule has 0 aliphatic heterocycles. The SMILES string of the molecule is CN(CCCC(=O)NCCSCC(=O)O)S(=O)(=O)c1ccc(F)cc1. The molecule has 7 nitrogen and oxygen atoms in total. The van der Waals surface area contributed by atoms with Gasteiger partial charge in [-0.05, 0) is 30.7 Å². The van der Waals surface area contributed by atoms with E-state index < -0.39 is 21.8 Å². The molecule has 1 amide bonds. The summed E-state index contributed by atoms with van der Waals surface area (Å²) >= 11 is 1.21. The number of thioether (sulfide) groups is 1. The van der Waals surface area contributed by atoms with Crippen molar-refractivity contribution >= 4 is 33.7 Å². The number of amides is 1. The molecular weight excluding hydrogens is 371 g/mol. The van der Waals surface area contributed by atoms with Crippen LogP contribution in [0, 0.1) is 5.82 Å². The Balaban J connectivity index is 2.31. The van der Waals surface area contributed by atoms with Crippen LogP contribution in [0.15, 0.2) is 29.2 Å². The molecule has 0 fully saturated rings. The maximum atomic E-state index is 12.9. The number of nitrogens with zero attached hydrogens (tertiary/aromatic N) is 1. The monoisotopic (exact) mass is 392 g/mol. The van der Waals surface area contributed by atoms with E-state index in [9.17, 15) is 22.4 Å². The number of carbonyl (C=O) groups excluding carboxylic acids is 1. The molecule has 0 aliphatic carbocycles. The van der Waals surface area contributed by atoms with Gasteiger partial charge in [0.2, 0.25) is 15.9 Å². The summed E-state index contributed by atoms with van der Waals surface area (Å²) in [5.74, 6) is -1.15. The molecule has 1 aromatic rings. The number of rotatable bonds is 11. The van der Waals surface area contributed by atoms with E-state index in [0.717, 1.165) is 16.4 Å². The lowest BCUT2D eigenvalue weighted by atomic mass is 10.3. The molecule has 0 aromatic heterocycles. The van der Waals surface area contributed by atoms with Gasteiger partial charge in [0.1, 0.15) is 5.82 Å². The number of hydrogen-bond donors (Lipinski definition) is 2. The highest BCUT2D eigenvalue weighted by Crippen LogP contribution is 2.15. The first kappa shape index (κ1) is 21.4. The van der Waals surface area contributed by atoms with E-state index >= 15 is 0 Å².